The zero-order valence-electron chi connectivity index (χ0n) is 16.4. The van der Waals surface area contributed by atoms with Gasteiger partial charge in [0.25, 0.3) is 0 Å². The topological polar surface area (TPSA) is 86.7 Å². The molecule has 1 aromatic carbocycles. The van der Waals surface area contributed by atoms with E-state index in [-0.39, 0.29) is 6.10 Å². The molecule has 0 radical (unpaired) electrons. The van der Waals surface area contributed by atoms with Crippen LogP contribution in [0, 0.1) is 18.8 Å². The second kappa shape index (κ2) is 8.69. The minimum atomic E-state index is -0.191. The summed E-state index contributed by atoms with van der Waals surface area (Å²) < 4.78 is 0. The van der Waals surface area contributed by atoms with Crippen molar-refractivity contribution in [2.75, 3.05) is 11.9 Å². The highest BCUT2D eigenvalue weighted by atomic mass is 16.3. The van der Waals surface area contributed by atoms with E-state index < -0.39 is 0 Å². The zero-order chi connectivity index (χ0) is 19.3. The third-order valence-corrected chi connectivity index (χ3v) is 5.99. The largest absolute Gasteiger partial charge is 0.393 e. The molecule has 4 rings (SSSR count). The summed E-state index contributed by atoms with van der Waals surface area (Å²) in [6.45, 7) is 2.80. The summed E-state index contributed by atoms with van der Waals surface area (Å²) in [5.41, 5.74) is 2.09. The maximum atomic E-state index is 10.6. The number of fused-ring (bicyclic) bond motifs is 1. The Morgan fingerprint density at radius 3 is 2.71 bits per heavy atom. The predicted molar refractivity (Wildman–Crippen MR) is 111 cm³/mol. The summed E-state index contributed by atoms with van der Waals surface area (Å²) in [6.07, 6.45) is 7.91. The zero-order valence-corrected chi connectivity index (χ0v) is 16.4. The first-order chi connectivity index (χ1) is 13.7. The number of aromatic nitrogens is 4. The van der Waals surface area contributed by atoms with E-state index in [1.807, 2.05) is 13.0 Å². The van der Waals surface area contributed by atoms with Gasteiger partial charge in [-0.05, 0) is 62.8 Å². The van der Waals surface area contributed by atoms with Gasteiger partial charge in [0.05, 0.1) is 17.7 Å². The van der Waals surface area contributed by atoms with Crippen LogP contribution in [-0.2, 0) is 6.42 Å². The van der Waals surface area contributed by atoms with E-state index in [9.17, 15) is 5.11 Å². The Kier molecular flexibility index (Phi) is 5.86. The number of rotatable bonds is 7. The molecule has 1 saturated carbocycles. The van der Waals surface area contributed by atoms with Gasteiger partial charge in [-0.3, -0.25) is 5.10 Å². The van der Waals surface area contributed by atoms with Crippen molar-refractivity contribution in [3.63, 3.8) is 0 Å². The van der Waals surface area contributed by atoms with Crippen molar-refractivity contribution >= 4 is 16.9 Å². The van der Waals surface area contributed by atoms with E-state index in [2.05, 4.69) is 49.7 Å². The Morgan fingerprint density at radius 2 is 1.93 bits per heavy atom. The van der Waals surface area contributed by atoms with Crippen molar-refractivity contribution in [2.45, 2.75) is 51.6 Å². The monoisotopic (exact) mass is 379 g/mol. The van der Waals surface area contributed by atoms with E-state index in [4.69, 9.17) is 0 Å². The molecule has 1 aliphatic rings. The Hall–Kier alpha value is -2.47. The van der Waals surface area contributed by atoms with Gasteiger partial charge in [0, 0.05) is 6.54 Å². The SMILES string of the molecule is Cc1nc(NC[C@H]2CC[C@@H](C(O)CCc3ccccc3)CC2)c2cn[nH]c2n1. The van der Waals surface area contributed by atoms with Crippen molar-refractivity contribution in [3.05, 3.63) is 47.9 Å². The van der Waals surface area contributed by atoms with Gasteiger partial charge in [-0.15, -0.1) is 0 Å². The third kappa shape index (κ3) is 4.50. The Labute approximate surface area is 165 Å². The number of aliphatic hydroxyl groups excluding tert-OH is 1. The van der Waals surface area contributed by atoms with Crippen LogP contribution in [0.15, 0.2) is 36.5 Å². The van der Waals surface area contributed by atoms with Crippen molar-refractivity contribution in [1.29, 1.82) is 0 Å². The molecule has 1 atom stereocenters. The average Bonchev–Trinajstić information content (AvgIpc) is 3.20. The molecule has 2 heterocycles. The number of aliphatic hydroxyl groups is 1. The molecular weight excluding hydrogens is 350 g/mol. The van der Waals surface area contributed by atoms with Gasteiger partial charge >= 0.3 is 0 Å². The number of hydrogen-bond acceptors (Lipinski definition) is 5. The summed E-state index contributed by atoms with van der Waals surface area (Å²) in [4.78, 5) is 8.89. The standard InChI is InChI=1S/C22H29N5O/c1-15-25-21(19-14-24-27-22(19)26-15)23-13-17-7-10-18(11-8-17)20(28)12-9-16-5-3-2-4-6-16/h2-6,14,17-18,20,28H,7-13H2,1H3,(H2,23,24,25,26,27)/t17-,18+,20?. The van der Waals surface area contributed by atoms with E-state index >= 15 is 0 Å². The molecule has 2 aromatic heterocycles. The second-order valence-electron chi connectivity index (χ2n) is 8.01. The van der Waals surface area contributed by atoms with E-state index in [1.165, 1.54) is 5.56 Å². The predicted octanol–water partition coefficient (Wildman–Crippen LogP) is 3.87. The lowest BCUT2D eigenvalue weighted by atomic mass is 9.78. The van der Waals surface area contributed by atoms with Crippen LogP contribution in [0.3, 0.4) is 0 Å². The maximum absolute atomic E-state index is 10.6. The van der Waals surface area contributed by atoms with Crippen LogP contribution >= 0.6 is 0 Å². The molecule has 1 aliphatic carbocycles. The average molecular weight is 380 g/mol. The van der Waals surface area contributed by atoms with Crippen LogP contribution in [0.1, 0.15) is 43.5 Å². The maximum Gasteiger partial charge on any atom is 0.161 e. The molecule has 0 amide bonds. The van der Waals surface area contributed by atoms with Crippen LogP contribution in [0.5, 0.6) is 0 Å². The number of hydrogen-bond donors (Lipinski definition) is 3. The van der Waals surface area contributed by atoms with E-state index in [0.29, 0.717) is 11.8 Å². The first kappa shape index (κ1) is 18.9. The molecule has 3 aromatic rings. The first-order valence-electron chi connectivity index (χ1n) is 10.3. The Bertz CT molecular complexity index is 886. The number of nitrogens with one attached hydrogen (secondary N) is 2. The highest BCUT2D eigenvalue weighted by molar-refractivity contribution is 5.85. The van der Waals surface area contributed by atoms with Gasteiger partial charge in [0.2, 0.25) is 0 Å². The molecule has 6 nitrogen and oxygen atoms in total. The van der Waals surface area contributed by atoms with Gasteiger partial charge < -0.3 is 10.4 Å². The molecule has 3 N–H and O–H groups in total. The van der Waals surface area contributed by atoms with Crippen molar-refractivity contribution in [3.8, 4) is 0 Å². The minimum Gasteiger partial charge on any atom is -0.393 e. The molecular formula is C22H29N5O. The Balaban J connectivity index is 1.24. The van der Waals surface area contributed by atoms with E-state index in [0.717, 1.165) is 67.7 Å². The summed E-state index contributed by atoms with van der Waals surface area (Å²) in [7, 11) is 0. The molecule has 148 valence electrons. The number of benzene rings is 1. The van der Waals surface area contributed by atoms with Crippen LogP contribution in [-0.4, -0.2) is 37.9 Å². The quantitative estimate of drug-likeness (QED) is 0.580. The smallest absolute Gasteiger partial charge is 0.161 e. The fourth-order valence-electron chi connectivity index (χ4n) is 4.29. The second-order valence-corrected chi connectivity index (χ2v) is 8.01. The molecule has 28 heavy (non-hydrogen) atoms. The van der Waals surface area contributed by atoms with Gasteiger partial charge in [-0.25, -0.2) is 9.97 Å². The highest BCUT2D eigenvalue weighted by Crippen LogP contribution is 2.32. The number of anilines is 1. The minimum absolute atomic E-state index is 0.191. The summed E-state index contributed by atoms with van der Waals surface area (Å²) in [5, 5.41) is 22.0. The number of aryl methyl sites for hydroxylation is 2. The van der Waals surface area contributed by atoms with Crippen molar-refractivity contribution in [2.24, 2.45) is 11.8 Å². The molecule has 1 unspecified atom stereocenters. The molecule has 6 heteroatoms. The van der Waals surface area contributed by atoms with Crippen LogP contribution in [0.25, 0.3) is 11.0 Å². The number of H-pyrrole nitrogens is 1. The lowest BCUT2D eigenvalue weighted by Gasteiger charge is -2.31. The first-order valence-corrected chi connectivity index (χ1v) is 10.3. The van der Waals surface area contributed by atoms with Crippen LogP contribution in [0.2, 0.25) is 0 Å². The van der Waals surface area contributed by atoms with E-state index in [1.54, 1.807) is 6.20 Å². The summed E-state index contributed by atoms with van der Waals surface area (Å²) in [6, 6.07) is 10.4. The third-order valence-electron chi connectivity index (χ3n) is 5.99. The highest BCUT2D eigenvalue weighted by Gasteiger charge is 2.26. The fraction of sp³-hybridized carbons (Fsp3) is 0.500. The van der Waals surface area contributed by atoms with Gasteiger partial charge in [-0.1, -0.05) is 30.3 Å². The van der Waals surface area contributed by atoms with Gasteiger partial charge in [0.1, 0.15) is 11.6 Å². The summed E-state index contributed by atoms with van der Waals surface area (Å²) in [5.74, 6) is 2.65. The normalized spacial score (nSPS) is 20.9. The number of nitrogens with zero attached hydrogens (tertiary/aromatic N) is 3. The van der Waals surface area contributed by atoms with Crippen molar-refractivity contribution in [1.82, 2.24) is 20.2 Å². The van der Waals surface area contributed by atoms with Crippen molar-refractivity contribution < 1.29 is 5.11 Å². The molecule has 0 bridgehead atoms. The summed E-state index contributed by atoms with van der Waals surface area (Å²) >= 11 is 0. The van der Waals surface area contributed by atoms with Gasteiger partial charge in [-0.2, -0.15) is 5.10 Å². The molecule has 0 saturated heterocycles. The fourth-order valence-corrected chi connectivity index (χ4v) is 4.29. The Morgan fingerprint density at radius 1 is 1.14 bits per heavy atom. The molecule has 1 fully saturated rings. The lowest BCUT2D eigenvalue weighted by molar-refractivity contribution is 0.0684. The van der Waals surface area contributed by atoms with Crippen LogP contribution < -0.4 is 5.32 Å². The molecule has 0 aliphatic heterocycles. The molecule has 0 spiro atoms. The van der Waals surface area contributed by atoms with Crippen LogP contribution in [0.4, 0.5) is 5.82 Å². The van der Waals surface area contributed by atoms with Gasteiger partial charge in [0.15, 0.2) is 5.65 Å². The lowest BCUT2D eigenvalue weighted by Crippen LogP contribution is -2.28. The number of aromatic amines is 1.